The molecule has 1 N–H and O–H groups in total. The van der Waals surface area contributed by atoms with E-state index in [0.717, 1.165) is 31.9 Å². The highest BCUT2D eigenvalue weighted by Gasteiger charge is 2.44. The number of benzene rings is 1. The minimum absolute atomic E-state index is 0.00928. The van der Waals surface area contributed by atoms with Crippen LogP contribution in [0, 0.1) is 5.92 Å². The standard InChI is InChI=1S/C29H40N4O3S/c1-36-25-10-5-9-23(17-25)20-32(19-22-7-3-2-4-8-22)24-18-26(28(34)31-14-12-30-13-15-31)33(21-24)29(35)27-11-6-16-37-27/h5-6,9-11,16-17,22,24,26,30H,2-4,7-8,12-15,18-21H2,1H3. The van der Waals surface area contributed by atoms with Crippen molar-refractivity contribution in [2.75, 3.05) is 46.4 Å². The number of thiophene rings is 1. The first-order chi connectivity index (χ1) is 18.1. The van der Waals surface area contributed by atoms with E-state index in [4.69, 9.17) is 4.74 Å². The van der Waals surface area contributed by atoms with Crippen LogP contribution in [0.1, 0.15) is 53.8 Å². The molecule has 1 saturated carbocycles. The summed E-state index contributed by atoms with van der Waals surface area (Å²) in [5.74, 6) is 1.63. The van der Waals surface area contributed by atoms with Gasteiger partial charge in [-0.3, -0.25) is 14.5 Å². The molecular formula is C29H40N4O3S. The lowest BCUT2D eigenvalue weighted by molar-refractivity contribution is -0.135. The minimum Gasteiger partial charge on any atom is -0.497 e. The van der Waals surface area contributed by atoms with E-state index in [1.54, 1.807) is 7.11 Å². The summed E-state index contributed by atoms with van der Waals surface area (Å²) in [6.07, 6.45) is 7.16. The second-order valence-electron chi connectivity index (χ2n) is 10.7. The summed E-state index contributed by atoms with van der Waals surface area (Å²) in [4.78, 5) is 34.5. The molecule has 1 aromatic carbocycles. The van der Waals surface area contributed by atoms with Crippen LogP contribution in [0.15, 0.2) is 41.8 Å². The molecule has 2 aromatic rings. The maximum Gasteiger partial charge on any atom is 0.264 e. The summed E-state index contributed by atoms with van der Waals surface area (Å²) < 4.78 is 5.49. The Labute approximate surface area is 224 Å². The van der Waals surface area contributed by atoms with E-state index >= 15 is 0 Å². The van der Waals surface area contributed by atoms with Gasteiger partial charge in [0.25, 0.3) is 5.91 Å². The number of rotatable bonds is 8. The van der Waals surface area contributed by atoms with Crippen molar-refractivity contribution in [3.63, 3.8) is 0 Å². The number of hydrogen-bond donors (Lipinski definition) is 1. The van der Waals surface area contributed by atoms with E-state index in [0.29, 0.717) is 36.9 Å². The van der Waals surface area contributed by atoms with Gasteiger partial charge in [-0.2, -0.15) is 0 Å². The zero-order valence-electron chi connectivity index (χ0n) is 21.9. The van der Waals surface area contributed by atoms with Crippen LogP contribution in [0.4, 0.5) is 0 Å². The SMILES string of the molecule is COc1cccc(CN(CC2CCCCC2)C2CC(C(=O)N3CCNCC3)N(C(=O)c3cccs3)C2)c1. The second kappa shape index (κ2) is 12.4. The van der Waals surface area contributed by atoms with Crippen molar-refractivity contribution < 1.29 is 14.3 Å². The Balaban J connectivity index is 1.40. The largest absolute Gasteiger partial charge is 0.497 e. The van der Waals surface area contributed by atoms with E-state index in [1.807, 2.05) is 39.4 Å². The maximum atomic E-state index is 13.8. The summed E-state index contributed by atoms with van der Waals surface area (Å²) in [5.41, 5.74) is 1.21. The molecule has 7 nitrogen and oxygen atoms in total. The van der Waals surface area contributed by atoms with Crippen molar-refractivity contribution in [1.82, 2.24) is 20.0 Å². The maximum absolute atomic E-state index is 13.8. The van der Waals surface area contributed by atoms with E-state index in [1.165, 1.54) is 49.0 Å². The van der Waals surface area contributed by atoms with Gasteiger partial charge in [0.2, 0.25) is 5.91 Å². The Morgan fingerprint density at radius 3 is 2.65 bits per heavy atom. The highest BCUT2D eigenvalue weighted by Crippen LogP contribution is 2.32. The number of ether oxygens (including phenoxy) is 1. The third-order valence-electron chi connectivity index (χ3n) is 8.24. The number of carbonyl (C=O) groups excluding carboxylic acids is 2. The Bertz CT molecular complexity index is 1030. The molecule has 3 fully saturated rings. The molecule has 200 valence electrons. The van der Waals surface area contributed by atoms with Crippen molar-refractivity contribution in [3.8, 4) is 5.75 Å². The van der Waals surface area contributed by atoms with Gasteiger partial charge in [-0.15, -0.1) is 11.3 Å². The summed E-state index contributed by atoms with van der Waals surface area (Å²) in [7, 11) is 1.70. The summed E-state index contributed by atoms with van der Waals surface area (Å²) in [6.45, 7) is 5.43. The predicted molar refractivity (Wildman–Crippen MR) is 147 cm³/mol. The number of methoxy groups -OCH3 is 1. The van der Waals surface area contributed by atoms with Gasteiger partial charge in [0.15, 0.2) is 0 Å². The van der Waals surface area contributed by atoms with E-state index in [2.05, 4.69) is 22.3 Å². The number of hydrogen-bond acceptors (Lipinski definition) is 6. The van der Waals surface area contributed by atoms with Gasteiger partial charge in [0, 0.05) is 51.9 Å². The fraction of sp³-hybridized carbons (Fsp3) is 0.586. The van der Waals surface area contributed by atoms with Crippen LogP contribution in [-0.4, -0.2) is 85.0 Å². The first kappa shape index (κ1) is 26.2. The van der Waals surface area contributed by atoms with Crippen molar-refractivity contribution >= 4 is 23.2 Å². The summed E-state index contributed by atoms with van der Waals surface area (Å²) in [5, 5.41) is 5.27. The van der Waals surface area contributed by atoms with E-state index < -0.39 is 6.04 Å². The fourth-order valence-corrected chi connectivity index (χ4v) is 6.90. The van der Waals surface area contributed by atoms with E-state index in [9.17, 15) is 9.59 Å². The fourth-order valence-electron chi connectivity index (χ4n) is 6.22. The quantitative estimate of drug-likeness (QED) is 0.568. The van der Waals surface area contributed by atoms with Crippen LogP contribution >= 0.6 is 11.3 Å². The van der Waals surface area contributed by atoms with Gasteiger partial charge >= 0.3 is 0 Å². The summed E-state index contributed by atoms with van der Waals surface area (Å²) >= 11 is 1.46. The molecule has 2 aliphatic heterocycles. The lowest BCUT2D eigenvalue weighted by Crippen LogP contribution is -2.53. The Kier molecular flexibility index (Phi) is 8.79. The highest BCUT2D eigenvalue weighted by molar-refractivity contribution is 7.12. The third kappa shape index (κ3) is 6.36. The molecule has 37 heavy (non-hydrogen) atoms. The first-order valence-electron chi connectivity index (χ1n) is 13.8. The molecule has 2 atom stereocenters. The Morgan fingerprint density at radius 2 is 1.92 bits per heavy atom. The van der Waals surface area contributed by atoms with Crippen LogP contribution in [0.5, 0.6) is 5.75 Å². The number of amides is 2. The topological polar surface area (TPSA) is 65.1 Å². The van der Waals surface area contributed by atoms with Gasteiger partial charge < -0.3 is 19.9 Å². The summed E-state index contributed by atoms with van der Waals surface area (Å²) in [6, 6.07) is 11.8. The molecule has 0 radical (unpaired) electrons. The second-order valence-corrected chi connectivity index (χ2v) is 11.6. The highest BCUT2D eigenvalue weighted by atomic mass is 32.1. The molecule has 5 rings (SSSR count). The van der Waals surface area contributed by atoms with Crippen molar-refractivity contribution in [2.24, 2.45) is 5.92 Å². The number of nitrogens with one attached hydrogen (secondary N) is 1. The Morgan fingerprint density at radius 1 is 1.11 bits per heavy atom. The van der Waals surface area contributed by atoms with Crippen molar-refractivity contribution in [2.45, 2.75) is 57.2 Å². The number of nitrogens with zero attached hydrogens (tertiary/aromatic N) is 3. The number of piperazine rings is 1. The smallest absolute Gasteiger partial charge is 0.264 e. The molecule has 8 heteroatoms. The average molecular weight is 525 g/mol. The monoisotopic (exact) mass is 524 g/mol. The first-order valence-corrected chi connectivity index (χ1v) is 14.7. The molecule has 3 aliphatic rings. The van der Waals surface area contributed by atoms with Gasteiger partial charge in [0.1, 0.15) is 11.8 Å². The van der Waals surface area contributed by atoms with Gasteiger partial charge in [-0.1, -0.05) is 37.5 Å². The van der Waals surface area contributed by atoms with Crippen LogP contribution in [0.25, 0.3) is 0 Å². The van der Waals surface area contributed by atoms with Crippen LogP contribution in [-0.2, 0) is 11.3 Å². The molecule has 0 spiro atoms. The van der Waals surface area contributed by atoms with E-state index in [-0.39, 0.29) is 17.9 Å². The molecular weight excluding hydrogens is 484 g/mol. The van der Waals surface area contributed by atoms with Crippen LogP contribution in [0.2, 0.25) is 0 Å². The Hall–Kier alpha value is -2.42. The normalized spacial score (nSPS) is 23.0. The van der Waals surface area contributed by atoms with Gasteiger partial charge in [-0.25, -0.2) is 0 Å². The zero-order chi connectivity index (χ0) is 25.6. The van der Waals surface area contributed by atoms with Crippen molar-refractivity contribution in [3.05, 3.63) is 52.2 Å². The molecule has 2 unspecified atom stereocenters. The molecule has 2 amide bonds. The van der Waals surface area contributed by atoms with Gasteiger partial charge in [0.05, 0.1) is 12.0 Å². The van der Waals surface area contributed by atoms with Crippen molar-refractivity contribution in [1.29, 1.82) is 0 Å². The predicted octanol–water partition coefficient (Wildman–Crippen LogP) is 3.85. The molecule has 1 aromatic heterocycles. The van der Waals surface area contributed by atoms with Crippen LogP contribution < -0.4 is 10.1 Å². The average Bonchev–Trinajstić information content (AvgIpc) is 3.64. The zero-order valence-corrected chi connectivity index (χ0v) is 22.8. The third-order valence-corrected chi connectivity index (χ3v) is 9.10. The number of likely N-dealkylation sites (tertiary alicyclic amines) is 1. The molecule has 2 saturated heterocycles. The molecule has 0 bridgehead atoms. The molecule has 1 aliphatic carbocycles. The molecule has 3 heterocycles. The lowest BCUT2D eigenvalue weighted by Gasteiger charge is -2.34. The number of carbonyl (C=O) groups is 2. The minimum atomic E-state index is -0.406. The lowest BCUT2D eigenvalue weighted by atomic mass is 9.88. The van der Waals surface area contributed by atoms with Gasteiger partial charge in [-0.05, 0) is 54.3 Å². The van der Waals surface area contributed by atoms with Crippen LogP contribution in [0.3, 0.4) is 0 Å².